The molecule has 0 bridgehead atoms. The summed E-state index contributed by atoms with van der Waals surface area (Å²) >= 11 is 5.14. The van der Waals surface area contributed by atoms with Gasteiger partial charge >= 0.3 is 0 Å². The average Bonchev–Trinajstić information content (AvgIpc) is 3.10. The van der Waals surface area contributed by atoms with E-state index in [2.05, 4.69) is 20.9 Å². The number of hydrogen-bond donors (Lipinski definition) is 1. The van der Waals surface area contributed by atoms with Gasteiger partial charge in [0.05, 0.1) is 5.39 Å². The minimum atomic E-state index is -0.0198. The zero-order valence-electron chi connectivity index (χ0n) is 17.1. The molecule has 0 spiro atoms. The Labute approximate surface area is 193 Å². The lowest BCUT2D eigenvalue weighted by Gasteiger charge is -2.09. The molecule has 1 aliphatic rings. The van der Waals surface area contributed by atoms with Crippen LogP contribution in [0.4, 0.5) is 0 Å². The van der Waals surface area contributed by atoms with Crippen molar-refractivity contribution in [1.82, 2.24) is 9.97 Å². The van der Waals surface area contributed by atoms with Crippen LogP contribution in [0.15, 0.2) is 57.8 Å². The molecule has 0 aliphatic heterocycles. The maximum absolute atomic E-state index is 12.9. The van der Waals surface area contributed by atoms with Crippen LogP contribution in [-0.2, 0) is 19.4 Å². The Morgan fingerprint density at radius 1 is 0.968 bits per heavy atom. The van der Waals surface area contributed by atoms with E-state index in [-0.39, 0.29) is 5.56 Å². The number of ether oxygens (including phenoxy) is 1. The number of thiophene rings is 1. The number of H-pyrrole nitrogens is 1. The van der Waals surface area contributed by atoms with Crippen LogP contribution in [0.25, 0.3) is 21.6 Å². The maximum Gasteiger partial charge on any atom is 0.260 e. The van der Waals surface area contributed by atoms with Gasteiger partial charge in [0.2, 0.25) is 0 Å². The summed E-state index contributed by atoms with van der Waals surface area (Å²) in [4.78, 5) is 23.0. The van der Waals surface area contributed by atoms with Gasteiger partial charge in [-0.15, -0.1) is 11.3 Å². The highest BCUT2D eigenvalue weighted by Crippen LogP contribution is 2.33. The van der Waals surface area contributed by atoms with Crippen LogP contribution in [0.1, 0.15) is 41.7 Å². The van der Waals surface area contributed by atoms with Gasteiger partial charge in [-0.25, -0.2) is 4.98 Å². The number of fused-ring (bicyclic) bond motifs is 3. The predicted molar refractivity (Wildman–Crippen MR) is 130 cm³/mol. The molecule has 158 valence electrons. The SMILES string of the molecule is O=c1[nH]c(-c2ccc(OCc3ccc(Br)cc3)cc2)nc2sc3c(c12)CCCCCC3. The second kappa shape index (κ2) is 8.97. The summed E-state index contributed by atoms with van der Waals surface area (Å²) < 4.78 is 6.94. The van der Waals surface area contributed by atoms with Crippen molar-refractivity contribution in [1.29, 1.82) is 0 Å². The van der Waals surface area contributed by atoms with Crippen molar-refractivity contribution in [2.75, 3.05) is 0 Å². The van der Waals surface area contributed by atoms with Crippen molar-refractivity contribution in [3.8, 4) is 17.1 Å². The Hall–Kier alpha value is -2.44. The number of rotatable bonds is 4. The molecular formula is C25H23BrN2O2S. The Morgan fingerprint density at radius 2 is 1.71 bits per heavy atom. The summed E-state index contributed by atoms with van der Waals surface area (Å²) in [6, 6.07) is 15.8. The first kappa shape index (κ1) is 20.5. The average molecular weight is 495 g/mol. The van der Waals surface area contributed by atoms with Gasteiger partial charge in [-0.05, 0) is 73.2 Å². The number of nitrogens with zero attached hydrogens (tertiary/aromatic N) is 1. The Morgan fingerprint density at radius 3 is 2.48 bits per heavy atom. The number of benzene rings is 2. The van der Waals surface area contributed by atoms with Crippen LogP contribution >= 0.6 is 27.3 Å². The fourth-order valence-electron chi connectivity index (χ4n) is 4.11. The minimum absolute atomic E-state index is 0.0198. The molecular weight excluding hydrogens is 472 g/mol. The minimum Gasteiger partial charge on any atom is -0.489 e. The molecule has 0 unspecified atom stereocenters. The number of aryl methyl sites for hydroxylation is 2. The number of halogens is 1. The van der Waals surface area contributed by atoms with E-state index in [1.807, 2.05) is 48.5 Å². The first-order valence-corrected chi connectivity index (χ1v) is 12.3. The van der Waals surface area contributed by atoms with E-state index >= 15 is 0 Å². The van der Waals surface area contributed by atoms with Crippen LogP contribution in [0, 0.1) is 0 Å². The van der Waals surface area contributed by atoms with Crippen LogP contribution < -0.4 is 10.3 Å². The number of hydrogen-bond acceptors (Lipinski definition) is 4. The second-order valence-electron chi connectivity index (χ2n) is 7.95. The Balaban J connectivity index is 1.38. The van der Waals surface area contributed by atoms with Gasteiger partial charge in [-0.1, -0.05) is 40.9 Å². The first-order chi connectivity index (χ1) is 15.2. The summed E-state index contributed by atoms with van der Waals surface area (Å²) in [6.45, 7) is 0.508. The van der Waals surface area contributed by atoms with E-state index in [1.165, 1.54) is 29.7 Å². The van der Waals surface area contributed by atoms with E-state index in [4.69, 9.17) is 9.72 Å². The zero-order chi connectivity index (χ0) is 21.2. The molecule has 2 aromatic heterocycles. The Kier molecular flexibility index (Phi) is 5.92. The third kappa shape index (κ3) is 4.46. The number of nitrogens with one attached hydrogen (secondary N) is 1. The van der Waals surface area contributed by atoms with E-state index in [9.17, 15) is 4.79 Å². The van der Waals surface area contributed by atoms with Crippen molar-refractivity contribution in [2.45, 2.75) is 45.1 Å². The van der Waals surface area contributed by atoms with Gasteiger partial charge in [-0.3, -0.25) is 4.79 Å². The molecule has 4 aromatic rings. The van der Waals surface area contributed by atoms with Crippen LogP contribution in [0.3, 0.4) is 0 Å². The highest BCUT2D eigenvalue weighted by Gasteiger charge is 2.18. The van der Waals surface area contributed by atoms with Crippen molar-refractivity contribution in [3.05, 3.63) is 79.4 Å². The smallest absolute Gasteiger partial charge is 0.260 e. The molecule has 31 heavy (non-hydrogen) atoms. The quantitative estimate of drug-likeness (QED) is 0.345. The molecule has 5 rings (SSSR count). The summed E-state index contributed by atoms with van der Waals surface area (Å²) in [6.07, 6.45) is 6.93. The molecule has 2 heterocycles. The largest absolute Gasteiger partial charge is 0.489 e. The Bertz CT molecular complexity index is 1260. The fourth-order valence-corrected chi connectivity index (χ4v) is 5.64. The molecule has 0 fully saturated rings. The van der Waals surface area contributed by atoms with Crippen LogP contribution in [-0.4, -0.2) is 9.97 Å². The van der Waals surface area contributed by atoms with Crippen LogP contribution in [0.5, 0.6) is 5.75 Å². The molecule has 1 N–H and O–H groups in total. The molecule has 1 aliphatic carbocycles. The molecule has 0 atom stereocenters. The summed E-state index contributed by atoms with van der Waals surface area (Å²) in [5, 5.41) is 0.806. The van der Waals surface area contributed by atoms with E-state index in [0.29, 0.717) is 12.4 Å². The van der Waals surface area contributed by atoms with Gasteiger partial charge in [0.25, 0.3) is 5.56 Å². The van der Waals surface area contributed by atoms with Gasteiger partial charge < -0.3 is 9.72 Å². The monoisotopic (exact) mass is 494 g/mol. The third-order valence-electron chi connectivity index (χ3n) is 5.77. The number of aromatic amines is 1. The first-order valence-electron chi connectivity index (χ1n) is 10.7. The normalized spacial score (nSPS) is 14.1. The van der Waals surface area contributed by atoms with Crippen molar-refractivity contribution in [2.24, 2.45) is 0 Å². The molecule has 0 saturated heterocycles. The van der Waals surface area contributed by atoms with Gasteiger partial charge in [-0.2, -0.15) is 0 Å². The third-order valence-corrected chi connectivity index (χ3v) is 7.49. The maximum atomic E-state index is 12.9. The summed E-state index contributed by atoms with van der Waals surface area (Å²) in [5.41, 5.74) is 3.21. The summed E-state index contributed by atoms with van der Waals surface area (Å²) in [5.74, 6) is 1.40. The topological polar surface area (TPSA) is 55.0 Å². The standard InChI is InChI=1S/C25H23BrN2O2S/c26-18-11-7-16(8-12-18)15-30-19-13-9-17(10-14-19)23-27-24(29)22-20-5-3-1-2-4-6-21(20)31-25(22)28-23/h7-14H,1-6,15H2,(H,27,28,29). The van der Waals surface area contributed by atoms with Gasteiger partial charge in [0, 0.05) is 14.9 Å². The van der Waals surface area contributed by atoms with Gasteiger partial charge in [0.15, 0.2) is 0 Å². The predicted octanol–water partition coefficient (Wildman–Crippen LogP) is 6.65. The molecule has 0 amide bonds. The van der Waals surface area contributed by atoms with Crippen molar-refractivity contribution >= 4 is 37.5 Å². The molecule has 6 heteroatoms. The van der Waals surface area contributed by atoms with E-state index in [1.54, 1.807) is 11.3 Å². The molecule has 4 nitrogen and oxygen atoms in total. The van der Waals surface area contributed by atoms with Crippen molar-refractivity contribution < 1.29 is 4.74 Å². The summed E-state index contributed by atoms with van der Waals surface area (Å²) in [7, 11) is 0. The van der Waals surface area contributed by atoms with Crippen molar-refractivity contribution in [3.63, 3.8) is 0 Å². The lowest BCUT2D eigenvalue weighted by Crippen LogP contribution is -2.10. The second-order valence-corrected chi connectivity index (χ2v) is 9.95. The zero-order valence-corrected chi connectivity index (χ0v) is 19.5. The van der Waals surface area contributed by atoms with E-state index in [0.717, 1.165) is 50.8 Å². The van der Waals surface area contributed by atoms with E-state index < -0.39 is 0 Å². The highest BCUT2D eigenvalue weighted by molar-refractivity contribution is 9.10. The number of aromatic nitrogens is 2. The lowest BCUT2D eigenvalue weighted by atomic mass is 9.98. The highest BCUT2D eigenvalue weighted by atomic mass is 79.9. The van der Waals surface area contributed by atoms with Crippen LogP contribution in [0.2, 0.25) is 0 Å². The molecule has 2 aromatic carbocycles. The molecule has 0 saturated carbocycles. The fraction of sp³-hybridized carbons (Fsp3) is 0.280. The lowest BCUT2D eigenvalue weighted by molar-refractivity contribution is 0.306. The molecule has 0 radical (unpaired) electrons. The van der Waals surface area contributed by atoms with Gasteiger partial charge in [0.1, 0.15) is 23.0 Å².